The molecule has 0 spiro atoms. The van der Waals surface area contributed by atoms with E-state index < -0.39 is 12.6 Å². The molecule has 0 saturated carbocycles. The van der Waals surface area contributed by atoms with Crippen molar-refractivity contribution in [3.63, 3.8) is 0 Å². The van der Waals surface area contributed by atoms with Crippen LogP contribution in [-0.4, -0.2) is 34.8 Å². The third-order valence-electron chi connectivity index (χ3n) is 3.92. The number of allylic oxidation sites excluding steroid dienone is 1. The summed E-state index contributed by atoms with van der Waals surface area (Å²) >= 11 is 6.22. The van der Waals surface area contributed by atoms with Crippen molar-refractivity contribution in [3.05, 3.63) is 52.3 Å². The van der Waals surface area contributed by atoms with Crippen LogP contribution in [0.5, 0.6) is 11.5 Å². The number of nitriles is 1. The largest absolute Gasteiger partial charge is 0.493 e. The first-order valence-electron chi connectivity index (χ1n) is 8.22. The monoisotopic (exact) mass is 397 g/mol. The lowest BCUT2D eigenvalue weighted by molar-refractivity contribution is -0.139. The molecule has 8 heteroatoms. The zero-order valence-electron chi connectivity index (χ0n) is 15.1. The Hall–Kier alpha value is -3.50. The van der Waals surface area contributed by atoms with Crippen LogP contribution in [0.1, 0.15) is 17.0 Å². The molecule has 0 bridgehead atoms. The minimum absolute atomic E-state index is 0.126. The lowest BCUT2D eigenvalue weighted by Crippen LogP contribution is -2.10. The number of carboxylic acid groups (broad SMARTS) is 1. The van der Waals surface area contributed by atoms with Gasteiger partial charge in [0, 0.05) is 0 Å². The fourth-order valence-corrected chi connectivity index (χ4v) is 2.94. The topological polar surface area (TPSA) is 108 Å². The van der Waals surface area contributed by atoms with Crippen molar-refractivity contribution < 1.29 is 19.4 Å². The Kier molecular flexibility index (Phi) is 5.52. The zero-order chi connectivity index (χ0) is 20.3. The molecule has 0 radical (unpaired) electrons. The summed E-state index contributed by atoms with van der Waals surface area (Å²) in [6, 6.07) is 11.1. The lowest BCUT2D eigenvalue weighted by Gasteiger charge is -2.12. The Labute approximate surface area is 165 Å². The summed E-state index contributed by atoms with van der Waals surface area (Å²) in [5, 5.41) is 18.5. The quantitative estimate of drug-likeness (QED) is 0.607. The second-order valence-electron chi connectivity index (χ2n) is 5.99. The molecule has 0 amide bonds. The third-order valence-corrected chi connectivity index (χ3v) is 4.20. The smallest absolute Gasteiger partial charge is 0.341 e. The first-order chi connectivity index (χ1) is 13.4. The summed E-state index contributed by atoms with van der Waals surface area (Å²) in [4.78, 5) is 18.3. The number of methoxy groups -OCH3 is 1. The van der Waals surface area contributed by atoms with Crippen LogP contribution in [0.4, 0.5) is 0 Å². The molecule has 7 nitrogen and oxygen atoms in total. The van der Waals surface area contributed by atoms with Crippen LogP contribution >= 0.6 is 11.6 Å². The van der Waals surface area contributed by atoms with Crippen molar-refractivity contribution in [2.75, 3.05) is 13.7 Å². The normalized spacial score (nSPS) is 11.3. The number of ether oxygens (including phenoxy) is 2. The van der Waals surface area contributed by atoms with Gasteiger partial charge in [0.05, 0.1) is 28.7 Å². The maximum atomic E-state index is 10.7. The molecule has 0 atom stereocenters. The zero-order valence-corrected chi connectivity index (χ0v) is 15.9. The maximum absolute atomic E-state index is 10.7. The number of nitrogens with zero attached hydrogens (tertiary/aromatic N) is 2. The molecule has 0 fully saturated rings. The molecule has 0 saturated heterocycles. The van der Waals surface area contributed by atoms with Gasteiger partial charge < -0.3 is 19.6 Å². The summed E-state index contributed by atoms with van der Waals surface area (Å²) in [7, 11) is 1.42. The van der Waals surface area contributed by atoms with E-state index >= 15 is 0 Å². The lowest BCUT2D eigenvalue weighted by atomic mass is 10.1. The van der Waals surface area contributed by atoms with E-state index in [9.17, 15) is 10.1 Å². The van der Waals surface area contributed by atoms with Gasteiger partial charge in [-0.3, -0.25) is 0 Å². The number of halogens is 1. The maximum Gasteiger partial charge on any atom is 0.341 e. The molecule has 0 unspecified atom stereocenters. The summed E-state index contributed by atoms with van der Waals surface area (Å²) in [5.41, 5.74) is 3.57. The first kappa shape index (κ1) is 19.3. The molecule has 3 rings (SSSR count). The van der Waals surface area contributed by atoms with Crippen molar-refractivity contribution in [1.82, 2.24) is 9.97 Å². The van der Waals surface area contributed by atoms with Crippen molar-refractivity contribution in [3.8, 4) is 17.6 Å². The Balaban J connectivity index is 2.00. The van der Waals surface area contributed by atoms with Crippen molar-refractivity contribution in [2.45, 2.75) is 6.92 Å². The van der Waals surface area contributed by atoms with Crippen LogP contribution in [0.25, 0.3) is 22.7 Å². The van der Waals surface area contributed by atoms with Gasteiger partial charge in [-0.25, -0.2) is 9.78 Å². The van der Waals surface area contributed by atoms with E-state index in [1.165, 1.54) is 7.11 Å². The van der Waals surface area contributed by atoms with Crippen LogP contribution in [0, 0.1) is 18.3 Å². The second-order valence-corrected chi connectivity index (χ2v) is 6.40. The number of carbonyl (C=O) groups is 1. The van der Waals surface area contributed by atoms with Gasteiger partial charge in [-0.15, -0.1) is 0 Å². The van der Waals surface area contributed by atoms with E-state index in [4.69, 9.17) is 26.2 Å². The van der Waals surface area contributed by atoms with Crippen molar-refractivity contribution in [1.29, 1.82) is 5.26 Å². The average molecular weight is 398 g/mol. The van der Waals surface area contributed by atoms with Gasteiger partial charge >= 0.3 is 5.97 Å². The van der Waals surface area contributed by atoms with Gasteiger partial charge in [-0.2, -0.15) is 5.26 Å². The molecule has 1 aromatic heterocycles. The number of hydrogen-bond donors (Lipinski definition) is 2. The number of aromatic amines is 1. The summed E-state index contributed by atoms with van der Waals surface area (Å²) < 4.78 is 10.4. The van der Waals surface area contributed by atoms with E-state index in [1.54, 1.807) is 18.2 Å². The van der Waals surface area contributed by atoms with Crippen molar-refractivity contribution >= 4 is 40.3 Å². The molecule has 142 valence electrons. The molecule has 3 aromatic rings. The number of hydrogen-bond acceptors (Lipinski definition) is 5. The number of H-pyrrole nitrogens is 1. The van der Waals surface area contributed by atoms with Crippen LogP contribution < -0.4 is 9.47 Å². The van der Waals surface area contributed by atoms with Crippen molar-refractivity contribution in [2.24, 2.45) is 0 Å². The highest BCUT2D eigenvalue weighted by Crippen LogP contribution is 2.37. The highest BCUT2D eigenvalue weighted by atomic mass is 35.5. The molecular weight excluding hydrogens is 382 g/mol. The molecule has 0 aliphatic heterocycles. The number of rotatable bonds is 6. The fraction of sp³-hybridized carbons (Fsp3) is 0.150. The van der Waals surface area contributed by atoms with E-state index in [2.05, 4.69) is 16.0 Å². The van der Waals surface area contributed by atoms with Gasteiger partial charge in [0.1, 0.15) is 11.9 Å². The molecule has 0 aliphatic carbocycles. The molecular formula is C20H16ClN3O4. The minimum Gasteiger partial charge on any atom is -0.493 e. The van der Waals surface area contributed by atoms with Crippen LogP contribution in [0.3, 0.4) is 0 Å². The highest BCUT2D eigenvalue weighted by molar-refractivity contribution is 6.32. The van der Waals surface area contributed by atoms with Crippen LogP contribution in [0.15, 0.2) is 30.3 Å². The molecule has 1 heterocycles. The van der Waals surface area contributed by atoms with Crippen LogP contribution in [0.2, 0.25) is 5.02 Å². The van der Waals surface area contributed by atoms with E-state index in [0.717, 1.165) is 16.6 Å². The van der Waals surface area contributed by atoms with Gasteiger partial charge in [0.2, 0.25) is 0 Å². The van der Waals surface area contributed by atoms with Gasteiger partial charge in [-0.1, -0.05) is 17.7 Å². The second kappa shape index (κ2) is 8.03. The third kappa shape index (κ3) is 4.08. The van der Waals surface area contributed by atoms with E-state index in [-0.39, 0.29) is 16.5 Å². The number of nitrogens with one attached hydrogen (secondary N) is 1. The summed E-state index contributed by atoms with van der Waals surface area (Å²) in [5.74, 6) is -0.308. The van der Waals surface area contributed by atoms with E-state index in [1.807, 2.05) is 25.1 Å². The number of imidazole rings is 1. The van der Waals surface area contributed by atoms with E-state index in [0.29, 0.717) is 17.0 Å². The number of fused-ring (bicyclic) bond motifs is 1. The van der Waals surface area contributed by atoms with Gasteiger partial charge in [-0.05, 0) is 48.4 Å². The molecule has 2 aromatic carbocycles. The Bertz CT molecular complexity index is 1130. The summed E-state index contributed by atoms with van der Waals surface area (Å²) in [6.45, 7) is 1.43. The van der Waals surface area contributed by atoms with Gasteiger partial charge in [0.25, 0.3) is 0 Å². The number of aliphatic carboxylic acids is 1. The number of benzene rings is 2. The average Bonchev–Trinajstić information content (AvgIpc) is 3.07. The molecule has 2 N–H and O–H groups in total. The summed E-state index contributed by atoms with van der Waals surface area (Å²) in [6.07, 6.45) is 1.61. The number of aromatic nitrogens is 2. The minimum atomic E-state index is -1.13. The molecule has 28 heavy (non-hydrogen) atoms. The Morgan fingerprint density at radius 1 is 1.39 bits per heavy atom. The SMILES string of the molecule is COc1cc(C=C(C#N)c2nc3ccc(C)cc3[nH]2)cc(Cl)c1OCC(=O)O. The Morgan fingerprint density at radius 2 is 2.18 bits per heavy atom. The first-order valence-corrected chi connectivity index (χ1v) is 8.59. The van der Waals surface area contributed by atoms with Crippen LogP contribution in [-0.2, 0) is 4.79 Å². The Morgan fingerprint density at radius 3 is 2.86 bits per heavy atom. The number of aryl methyl sites for hydroxylation is 1. The molecule has 0 aliphatic rings. The van der Waals surface area contributed by atoms with Gasteiger partial charge in [0.15, 0.2) is 18.1 Å². The highest BCUT2D eigenvalue weighted by Gasteiger charge is 2.14. The standard InChI is InChI=1S/C20H16ClN3O4/c1-11-3-4-15-16(5-11)24-20(23-15)13(9-22)6-12-7-14(21)19(17(8-12)27-2)28-10-18(25)26/h3-8H,10H2,1-2H3,(H,23,24)(H,25,26). The predicted octanol–water partition coefficient (Wildman–Crippen LogP) is 4.06. The predicted molar refractivity (Wildman–Crippen MR) is 105 cm³/mol. The fourth-order valence-electron chi connectivity index (χ4n) is 2.67. The number of carboxylic acids is 1.